The third-order valence-electron chi connectivity index (χ3n) is 2.65. The molecule has 0 radical (unpaired) electrons. The summed E-state index contributed by atoms with van der Waals surface area (Å²) in [7, 11) is 0. The van der Waals surface area contributed by atoms with E-state index < -0.39 is 0 Å². The van der Waals surface area contributed by atoms with E-state index in [1.54, 1.807) is 0 Å². The maximum Gasteiger partial charge on any atom is 0.310 e. The van der Waals surface area contributed by atoms with Gasteiger partial charge in [-0.05, 0) is 18.4 Å². The zero-order valence-electron chi connectivity index (χ0n) is 9.22. The molecule has 3 nitrogen and oxygen atoms in total. The number of rotatable bonds is 4. The monoisotopic (exact) mass is 220 g/mol. The number of hydrogen-bond donors (Lipinski definition) is 0. The highest BCUT2D eigenvalue weighted by molar-refractivity contribution is 5.72. The van der Waals surface area contributed by atoms with Gasteiger partial charge in [0.05, 0.1) is 12.5 Å². The highest BCUT2D eigenvalue weighted by Gasteiger charge is 2.17. The van der Waals surface area contributed by atoms with Crippen LogP contribution < -0.4 is 0 Å². The van der Waals surface area contributed by atoms with Crippen LogP contribution in [0.15, 0.2) is 30.3 Å². The molecule has 0 saturated carbocycles. The van der Waals surface area contributed by atoms with Crippen molar-refractivity contribution in [2.24, 2.45) is 0 Å². The summed E-state index contributed by atoms with van der Waals surface area (Å²) in [5, 5.41) is 0. The van der Waals surface area contributed by atoms with Crippen molar-refractivity contribution in [3.8, 4) is 0 Å². The molecule has 1 aromatic carbocycles. The van der Waals surface area contributed by atoms with Gasteiger partial charge in [0.25, 0.3) is 0 Å². The molecular weight excluding hydrogens is 204 g/mol. The van der Waals surface area contributed by atoms with Crippen molar-refractivity contribution in [3.63, 3.8) is 0 Å². The maximum absolute atomic E-state index is 11.5. The number of esters is 1. The van der Waals surface area contributed by atoms with Crippen molar-refractivity contribution < 1.29 is 14.3 Å². The van der Waals surface area contributed by atoms with Crippen LogP contribution in [0.5, 0.6) is 0 Å². The molecule has 0 N–H and O–H groups in total. The molecule has 1 atom stereocenters. The summed E-state index contributed by atoms with van der Waals surface area (Å²) in [6.07, 6.45) is 2.52. The molecule has 86 valence electrons. The number of carbonyl (C=O) groups is 1. The minimum atomic E-state index is -0.179. The van der Waals surface area contributed by atoms with Crippen molar-refractivity contribution in [2.45, 2.75) is 25.4 Å². The van der Waals surface area contributed by atoms with Gasteiger partial charge in [-0.2, -0.15) is 0 Å². The van der Waals surface area contributed by atoms with E-state index in [1.165, 1.54) is 0 Å². The van der Waals surface area contributed by atoms with E-state index in [4.69, 9.17) is 9.47 Å². The van der Waals surface area contributed by atoms with Gasteiger partial charge in [0.2, 0.25) is 0 Å². The fourth-order valence-electron chi connectivity index (χ4n) is 1.78. The Morgan fingerprint density at radius 2 is 2.19 bits per heavy atom. The molecule has 0 aliphatic carbocycles. The topological polar surface area (TPSA) is 35.5 Å². The van der Waals surface area contributed by atoms with Crippen molar-refractivity contribution in [2.75, 3.05) is 13.2 Å². The lowest BCUT2D eigenvalue weighted by atomic mass is 10.1. The standard InChI is InChI=1S/C13H16O3/c14-13(9-11-5-2-1-3-6-11)16-10-12-7-4-8-15-12/h1-3,5-6,12H,4,7-10H2/t12-/m1/s1. The molecule has 16 heavy (non-hydrogen) atoms. The van der Waals surface area contributed by atoms with Crippen molar-refractivity contribution in [1.82, 2.24) is 0 Å². The van der Waals surface area contributed by atoms with Crippen LogP contribution in [0.4, 0.5) is 0 Å². The Hall–Kier alpha value is -1.35. The number of carbonyl (C=O) groups excluding carboxylic acids is 1. The van der Waals surface area contributed by atoms with E-state index >= 15 is 0 Å². The van der Waals surface area contributed by atoms with Crippen LogP contribution in [0.1, 0.15) is 18.4 Å². The highest BCUT2D eigenvalue weighted by Crippen LogP contribution is 2.12. The first-order chi connectivity index (χ1) is 7.84. The molecule has 1 heterocycles. The van der Waals surface area contributed by atoms with E-state index in [9.17, 15) is 4.79 Å². The zero-order valence-corrected chi connectivity index (χ0v) is 9.22. The summed E-state index contributed by atoms with van der Waals surface area (Å²) in [6.45, 7) is 1.19. The second kappa shape index (κ2) is 5.66. The Balaban J connectivity index is 1.72. The first-order valence-corrected chi connectivity index (χ1v) is 5.66. The first-order valence-electron chi connectivity index (χ1n) is 5.66. The second-order valence-corrected chi connectivity index (χ2v) is 3.98. The highest BCUT2D eigenvalue weighted by atomic mass is 16.6. The lowest BCUT2D eigenvalue weighted by Crippen LogP contribution is -2.18. The fourth-order valence-corrected chi connectivity index (χ4v) is 1.78. The number of benzene rings is 1. The normalized spacial score (nSPS) is 19.6. The Bertz CT molecular complexity index is 328. The van der Waals surface area contributed by atoms with Gasteiger partial charge in [0, 0.05) is 6.61 Å². The van der Waals surface area contributed by atoms with Gasteiger partial charge < -0.3 is 9.47 Å². The second-order valence-electron chi connectivity index (χ2n) is 3.98. The Kier molecular flexibility index (Phi) is 3.94. The largest absolute Gasteiger partial charge is 0.463 e. The van der Waals surface area contributed by atoms with Gasteiger partial charge in [0.1, 0.15) is 6.61 Å². The van der Waals surface area contributed by atoms with Gasteiger partial charge in [-0.15, -0.1) is 0 Å². The molecule has 3 heteroatoms. The number of ether oxygens (including phenoxy) is 2. The summed E-state index contributed by atoms with van der Waals surface area (Å²) in [5.41, 5.74) is 0.986. The Labute approximate surface area is 95.4 Å². The molecule has 0 bridgehead atoms. The molecule has 2 rings (SSSR count). The van der Waals surface area contributed by atoms with Gasteiger partial charge in [-0.3, -0.25) is 4.79 Å². The molecule has 0 amide bonds. The first kappa shape index (κ1) is 11.1. The molecule has 1 aromatic rings. The summed E-state index contributed by atoms with van der Waals surface area (Å²) < 4.78 is 10.5. The minimum absolute atomic E-state index is 0.111. The van der Waals surface area contributed by atoms with E-state index in [0.29, 0.717) is 13.0 Å². The average molecular weight is 220 g/mol. The maximum atomic E-state index is 11.5. The van der Waals surface area contributed by atoms with Crippen molar-refractivity contribution >= 4 is 5.97 Å². The SMILES string of the molecule is O=C(Cc1ccccc1)OC[C@H]1CCCO1. The summed E-state index contributed by atoms with van der Waals surface area (Å²) in [4.78, 5) is 11.5. The van der Waals surface area contributed by atoms with Crippen molar-refractivity contribution in [1.29, 1.82) is 0 Å². The summed E-state index contributed by atoms with van der Waals surface area (Å²) in [5.74, 6) is -0.179. The van der Waals surface area contributed by atoms with E-state index in [0.717, 1.165) is 25.0 Å². The quantitative estimate of drug-likeness (QED) is 0.727. The van der Waals surface area contributed by atoms with Crippen LogP contribution in [-0.2, 0) is 20.7 Å². The molecule has 0 spiro atoms. The van der Waals surface area contributed by atoms with E-state index in [-0.39, 0.29) is 12.1 Å². The predicted octanol–water partition coefficient (Wildman–Crippen LogP) is 1.95. The molecule has 0 unspecified atom stereocenters. The third kappa shape index (κ3) is 3.35. The van der Waals surface area contributed by atoms with Crippen LogP contribution in [0.2, 0.25) is 0 Å². The van der Waals surface area contributed by atoms with Crippen LogP contribution in [-0.4, -0.2) is 25.3 Å². The van der Waals surface area contributed by atoms with Gasteiger partial charge in [-0.25, -0.2) is 0 Å². The lowest BCUT2D eigenvalue weighted by molar-refractivity contribution is -0.146. The summed E-state index contributed by atoms with van der Waals surface area (Å²) >= 11 is 0. The smallest absolute Gasteiger partial charge is 0.310 e. The molecule has 1 aliphatic rings. The molecule has 0 aromatic heterocycles. The molecule has 1 saturated heterocycles. The molecular formula is C13H16O3. The van der Waals surface area contributed by atoms with Gasteiger partial charge in [0.15, 0.2) is 0 Å². The van der Waals surface area contributed by atoms with Crippen LogP contribution in [0.3, 0.4) is 0 Å². The van der Waals surface area contributed by atoms with Crippen LogP contribution >= 0.6 is 0 Å². The van der Waals surface area contributed by atoms with Crippen molar-refractivity contribution in [3.05, 3.63) is 35.9 Å². The predicted molar refractivity (Wildman–Crippen MR) is 60.1 cm³/mol. The Morgan fingerprint density at radius 1 is 1.38 bits per heavy atom. The minimum Gasteiger partial charge on any atom is -0.463 e. The summed E-state index contributed by atoms with van der Waals surface area (Å²) in [6, 6.07) is 9.62. The van der Waals surface area contributed by atoms with Gasteiger partial charge in [-0.1, -0.05) is 30.3 Å². The van der Waals surface area contributed by atoms with Gasteiger partial charge >= 0.3 is 5.97 Å². The fraction of sp³-hybridized carbons (Fsp3) is 0.462. The Morgan fingerprint density at radius 3 is 2.88 bits per heavy atom. The van der Waals surface area contributed by atoms with Crippen LogP contribution in [0.25, 0.3) is 0 Å². The number of hydrogen-bond acceptors (Lipinski definition) is 3. The zero-order chi connectivity index (χ0) is 11.2. The van der Waals surface area contributed by atoms with E-state index in [2.05, 4.69) is 0 Å². The molecule has 1 aliphatic heterocycles. The van der Waals surface area contributed by atoms with Crippen LogP contribution in [0, 0.1) is 0 Å². The average Bonchev–Trinajstić information content (AvgIpc) is 2.81. The van der Waals surface area contributed by atoms with E-state index in [1.807, 2.05) is 30.3 Å². The molecule has 1 fully saturated rings. The lowest BCUT2D eigenvalue weighted by Gasteiger charge is -2.09. The third-order valence-corrected chi connectivity index (χ3v) is 2.65.